The smallest absolute Gasteiger partial charge is 0.0283 e. The third-order valence-electron chi connectivity index (χ3n) is 4.07. The van der Waals surface area contributed by atoms with Crippen molar-refractivity contribution in [2.75, 3.05) is 19.6 Å². The number of hydrogen-bond donors (Lipinski definition) is 1. The lowest BCUT2D eigenvalue weighted by Crippen LogP contribution is -2.56. The van der Waals surface area contributed by atoms with Gasteiger partial charge < -0.3 is 10.6 Å². The van der Waals surface area contributed by atoms with Crippen LogP contribution < -0.4 is 5.73 Å². The minimum atomic E-state index is 0.190. The summed E-state index contributed by atoms with van der Waals surface area (Å²) in [5.74, 6) is 0.937. The molecular weight excluding hydrogens is 172 g/mol. The number of hydrogen-bond acceptors (Lipinski definition) is 2. The van der Waals surface area contributed by atoms with E-state index in [1.807, 2.05) is 0 Å². The van der Waals surface area contributed by atoms with Gasteiger partial charge in [-0.3, -0.25) is 0 Å². The molecule has 2 aliphatic rings. The van der Waals surface area contributed by atoms with E-state index in [1.54, 1.807) is 0 Å². The number of nitrogens with zero attached hydrogens (tertiary/aromatic N) is 1. The Morgan fingerprint density at radius 3 is 2.71 bits per heavy atom. The van der Waals surface area contributed by atoms with Crippen molar-refractivity contribution in [3.8, 4) is 0 Å². The standard InChI is InChI=1S/C12H24N2/c1-2-11-5-3-8-14(9-11)10-12(13)6-4-7-12/h11H,2-10,13H2,1H3. The van der Waals surface area contributed by atoms with Gasteiger partial charge in [0.25, 0.3) is 0 Å². The molecule has 14 heavy (non-hydrogen) atoms. The molecule has 1 unspecified atom stereocenters. The fourth-order valence-corrected chi connectivity index (χ4v) is 2.86. The van der Waals surface area contributed by atoms with Crippen LogP contribution in [0.2, 0.25) is 0 Å². The van der Waals surface area contributed by atoms with E-state index in [2.05, 4.69) is 11.8 Å². The van der Waals surface area contributed by atoms with E-state index in [1.165, 1.54) is 51.6 Å². The maximum Gasteiger partial charge on any atom is 0.0283 e. The van der Waals surface area contributed by atoms with Crippen molar-refractivity contribution in [2.24, 2.45) is 11.7 Å². The van der Waals surface area contributed by atoms with E-state index in [4.69, 9.17) is 5.73 Å². The van der Waals surface area contributed by atoms with E-state index in [0.29, 0.717) is 0 Å². The fraction of sp³-hybridized carbons (Fsp3) is 1.00. The summed E-state index contributed by atoms with van der Waals surface area (Å²) in [6.45, 7) is 6.06. The molecule has 1 aliphatic heterocycles. The molecule has 1 atom stereocenters. The highest BCUT2D eigenvalue weighted by molar-refractivity contribution is 4.95. The second-order valence-corrected chi connectivity index (χ2v) is 5.37. The molecular formula is C12H24N2. The number of rotatable bonds is 3. The van der Waals surface area contributed by atoms with Crippen molar-refractivity contribution in [1.29, 1.82) is 0 Å². The van der Waals surface area contributed by atoms with Crippen LogP contribution in [-0.2, 0) is 0 Å². The van der Waals surface area contributed by atoms with Crippen LogP contribution in [0.3, 0.4) is 0 Å². The number of likely N-dealkylation sites (tertiary alicyclic amines) is 1. The predicted molar refractivity (Wildman–Crippen MR) is 60.2 cm³/mol. The molecule has 2 heteroatoms. The third-order valence-corrected chi connectivity index (χ3v) is 4.07. The average molecular weight is 196 g/mol. The lowest BCUT2D eigenvalue weighted by atomic mass is 9.77. The van der Waals surface area contributed by atoms with Crippen LogP contribution in [0.15, 0.2) is 0 Å². The number of piperidine rings is 1. The molecule has 1 saturated heterocycles. The summed E-state index contributed by atoms with van der Waals surface area (Å²) in [5, 5.41) is 0. The van der Waals surface area contributed by atoms with Gasteiger partial charge in [-0.15, -0.1) is 0 Å². The second kappa shape index (κ2) is 4.19. The molecule has 0 amide bonds. The van der Waals surface area contributed by atoms with Crippen LogP contribution in [0.4, 0.5) is 0 Å². The van der Waals surface area contributed by atoms with Crippen molar-refractivity contribution in [3.63, 3.8) is 0 Å². The van der Waals surface area contributed by atoms with E-state index < -0.39 is 0 Å². The monoisotopic (exact) mass is 196 g/mol. The molecule has 2 rings (SSSR count). The molecule has 0 aromatic carbocycles. The van der Waals surface area contributed by atoms with Crippen molar-refractivity contribution in [2.45, 2.75) is 51.0 Å². The normalized spacial score (nSPS) is 32.6. The maximum atomic E-state index is 6.28. The molecule has 0 bridgehead atoms. The van der Waals surface area contributed by atoms with E-state index in [9.17, 15) is 0 Å². The van der Waals surface area contributed by atoms with Gasteiger partial charge in [-0.25, -0.2) is 0 Å². The van der Waals surface area contributed by atoms with Gasteiger partial charge in [0, 0.05) is 18.6 Å². The molecule has 1 saturated carbocycles. The zero-order valence-electron chi connectivity index (χ0n) is 9.47. The van der Waals surface area contributed by atoms with Crippen LogP contribution in [0.5, 0.6) is 0 Å². The van der Waals surface area contributed by atoms with Gasteiger partial charge in [0.15, 0.2) is 0 Å². The highest BCUT2D eigenvalue weighted by Gasteiger charge is 2.35. The molecule has 0 radical (unpaired) electrons. The lowest BCUT2D eigenvalue weighted by molar-refractivity contribution is 0.102. The first-order valence-electron chi connectivity index (χ1n) is 6.23. The summed E-state index contributed by atoms with van der Waals surface area (Å²) in [6, 6.07) is 0. The van der Waals surface area contributed by atoms with Crippen molar-refractivity contribution >= 4 is 0 Å². The molecule has 0 spiro atoms. The van der Waals surface area contributed by atoms with Crippen molar-refractivity contribution in [3.05, 3.63) is 0 Å². The van der Waals surface area contributed by atoms with Gasteiger partial charge in [0.1, 0.15) is 0 Å². The van der Waals surface area contributed by atoms with Crippen LogP contribution in [0.1, 0.15) is 45.4 Å². The quantitative estimate of drug-likeness (QED) is 0.748. The second-order valence-electron chi connectivity index (χ2n) is 5.37. The van der Waals surface area contributed by atoms with Gasteiger partial charge in [-0.05, 0) is 44.6 Å². The summed E-state index contributed by atoms with van der Waals surface area (Å²) in [7, 11) is 0. The molecule has 0 aromatic heterocycles. The summed E-state index contributed by atoms with van der Waals surface area (Å²) in [5.41, 5.74) is 6.47. The Kier molecular flexibility index (Phi) is 3.13. The summed E-state index contributed by atoms with van der Waals surface area (Å²) in [4.78, 5) is 2.61. The van der Waals surface area contributed by atoms with Crippen molar-refractivity contribution in [1.82, 2.24) is 4.90 Å². The minimum absolute atomic E-state index is 0.190. The van der Waals surface area contributed by atoms with Crippen molar-refractivity contribution < 1.29 is 0 Å². The predicted octanol–water partition coefficient (Wildman–Crippen LogP) is 1.99. The first kappa shape index (κ1) is 10.4. The summed E-state index contributed by atoms with van der Waals surface area (Å²) >= 11 is 0. The maximum absolute atomic E-state index is 6.28. The Bertz CT molecular complexity index is 187. The Balaban J connectivity index is 1.79. The third kappa shape index (κ3) is 2.29. The minimum Gasteiger partial charge on any atom is -0.324 e. The summed E-state index contributed by atoms with van der Waals surface area (Å²) in [6.07, 6.45) is 8.01. The van der Waals surface area contributed by atoms with E-state index >= 15 is 0 Å². The number of nitrogens with two attached hydrogens (primary N) is 1. The molecule has 1 heterocycles. The first-order valence-corrected chi connectivity index (χ1v) is 6.23. The molecule has 1 aliphatic carbocycles. The molecule has 2 nitrogen and oxygen atoms in total. The van der Waals surface area contributed by atoms with Gasteiger partial charge in [-0.1, -0.05) is 13.3 Å². The molecule has 0 aromatic rings. The molecule has 2 fully saturated rings. The largest absolute Gasteiger partial charge is 0.324 e. The highest BCUT2D eigenvalue weighted by Crippen LogP contribution is 2.31. The molecule has 82 valence electrons. The van der Waals surface area contributed by atoms with E-state index in [0.717, 1.165) is 12.5 Å². The van der Waals surface area contributed by atoms with Gasteiger partial charge >= 0.3 is 0 Å². The lowest BCUT2D eigenvalue weighted by Gasteiger charge is -2.44. The van der Waals surface area contributed by atoms with Crippen LogP contribution >= 0.6 is 0 Å². The zero-order valence-corrected chi connectivity index (χ0v) is 9.47. The Labute approximate surface area is 87.8 Å². The van der Waals surface area contributed by atoms with Crippen LogP contribution in [0.25, 0.3) is 0 Å². The molecule has 2 N–H and O–H groups in total. The van der Waals surface area contributed by atoms with E-state index in [-0.39, 0.29) is 5.54 Å². The summed E-state index contributed by atoms with van der Waals surface area (Å²) < 4.78 is 0. The first-order chi connectivity index (χ1) is 6.72. The van der Waals surface area contributed by atoms with Gasteiger partial charge in [0.05, 0.1) is 0 Å². The Hall–Kier alpha value is -0.0800. The fourth-order valence-electron chi connectivity index (χ4n) is 2.86. The highest BCUT2D eigenvalue weighted by atomic mass is 15.2. The van der Waals surface area contributed by atoms with Gasteiger partial charge in [-0.2, -0.15) is 0 Å². The Morgan fingerprint density at radius 1 is 1.36 bits per heavy atom. The van der Waals surface area contributed by atoms with Gasteiger partial charge in [0.2, 0.25) is 0 Å². The topological polar surface area (TPSA) is 29.3 Å². The Morgan fingerprint density at radius 2 is 2.14 bits per heavy atom. The zero-order chi connectivity index (χ0) is 10.0. The van der Waals surface area contributed by atoms with Crippen LogP contribution in [-0.4, -0.2) is 30.1 Å². The SMILES string of the molecule is CCC1CCCN(CC2(N)CCC2)C1. The average Bonchev–Trinajstić information content (AvgIpc) is 2.16. The van der Waals surface area contributed by atoms with Crippen LogP contribution in [0, 0.1) is 5.92 Å².